The number of piperidine rings is 1. The van der Waals surface area contributed by atoms with E-state index in [9.17, 15) is 18.0 Å². The van der Waals surface area contributed by atoms with Crippen LogP contribution in [-0.2, 0) is 30.8 Å². The third-order valence-electron chi connectivity index (χ3n) is 7.61. The largest absolute Gasteiger partial charge is 0.491 e. The van der Waals surface area contributed by atoms with E-state index in [0.29, 0.717) is 39.1 Å². The zero-order valence-electron chi connectivity index (χ0n) is 20.8. The molecule has 0 radical (unpaired) electrons. The Morgan fingerprint density at radius 3 is 2.51 bits per heavy atom. The van der Waals surface area contributed by atoms with E-state index in [1.54, 1.807) is 9.80 Å². The highest BCUT2D eigenvalue weighted by Gasteiger charge is 2.44. The second-order valence-corrected chi connectivity index (χ2v) is 12.0. The third-order valence-corrected chi connectivity index (χ3v) is 8.88. The van der Waals surface area contributed by atoms with Crippen molar-refractivity contribution in [2.75, 3.05) is 59.2 Å². The van der Waals surface area contributed by atoms with E-state index in [4.69, 9.17) is 9.47 Å². The minimum absolute atomic E-state index is 0.0441. The number of benzene rings is 1. The van der Waals surface area contributed by atoms with E-state index in [2.05, 4.69) is 6.07 Å². The molecular formula is C25H37N3O6S. The minimum atomic E-state index is -3.37. The first-order chi connectivity index (χ1) is 16.7. The van der Waals surface area contributed by atoms with Gasteiger partial charge in [-0.3, -0.25) is 9.59 Å². The van der Waals surface area contributed by atoms with Crippen molar-refractivity contribution in [1.82, 2.24) is 14.1 Å². The molecule has 1 unspecified atom stereocenters. The highest BCUT2D eigenvalue weighted by Crippen LogP contribution is 2.39. The number of carbonyl (C=O) groups excluding carboxylic acids is 2. The highest BCUT2D eigenvalue weighted by molar-refractivity contribution is 7.88. The standard InChI is InChI=1S/C25H37N3O6S/c1-26-15-17-33-21-9-4-3-7-20(21)8-5-6-10-25(24(26)30)11-13-27(14-12-25)23(29)22-19-28(16-18-34-22)35(2,31)32/h3-4,7,9,22H,5-6,8,10-19H2,1-2H3. The number of amides is 2. The summed E-state index contributed by atoms with van der Waals surface area (Å²) in [7, 11) is -1.54. The number of aryl methyl sites for hydroxylation is 1. The van der Waals surface area contributed by atoms with Crippen LogP contribution in [0, 0.1) is 5.41 Å². The van der Waals surface area contributed by atoms with E-state index >= 15 is 0 Å². The monoisotopic (exact) mass is 507 g/mol. The van der Waals surface area contributed by atoms with Gasteiger partial charge in [-0.1, -0.05) is 24.6 Å². The number of likely N-dealkylation sites (N-methyl/N-ethyl adjacent to an activating group) is 1. The first-order valence-electron chi connectivity index (χ1n) is 12.5. The van der Waals surface area contributed by atoms with Crippen molar-refractivity contribution < 1.29 is 27.5 Å². The van der Waals surface area contributed by atoms with Crippen LogP contribution in [0.4, 0.5) is 0 Å². The molecule has 3 heterocycles. The summed E-state index contributed by atoms with van der Waals surface area (Å²) in [6.45, 7) is 2.40. The molecule has 35 heavy (non-hydrogen) atoms. The van der Waals surface area contributed by atoms with Crippen LogP contribution in [0.3, 0.4) is 0 Å². The minimum Gasteiger partial charge on any atom is -0.491 e. The second-order valence-electron chi connectivity index (χ2n) is 9.98. The normalized spacial score (nSPS) is 24.7. The van der Waals surface area contributed by atoms with Gasteiger partial charge in [-0.15, -0.1) is 0 Å². The number of nitrogens with zero attached hydrogens (tertiary/aromatic N) is 3. The Bertz CT molecular complexity index is 1020. The van der Waals surface area contributed by atoms with Crippen molar-refractivity contribution in [3.8, 4) is 5.75 Å². The van der Waals surface area contributed by atoms with Gasteiger partial charge >= 0.3 is 0 Å². The van der Waals surface area contributed by atoms with Gasteiger partial charge in [0, 0.05) is 33.2 Å². The predicted octanol–water partition coefficient (Wildman–Crippen LogP) is 1.52. The SMILES string of the molecule is CN1CCOc2ccccc2CCCCC2(CCN(C(=O)C3CN(S(C)(=O)=O)CCO3)CC2)C1=O. The summed E-state index contributed by atoms with van der Waals surface area (Å²) in [5, 5.41) is 0. The summed E-state index contributed by atoms with van der Waals surface area (Å²) in [6, 6.07) is 8.10. The molecule has 0 saturated carbocycles. The number of likely N-dealkylation sites (tertiary alicyclic amines) is 1. The van der Waals surface area contributed by atoms with Crippen LogP contribution in [0.2, 0.25) is 0 Å². The zero-order chi connectivity index (χ0) is 25.1. The first kappa shape index (κ1) is 25.9. The fourth-order valence-corrected chi connectivity index (χ4v) is 6.25. The Kier molecular flexibility index (Phi) is 8.02. The van der Waals surface area contributed by atoms with Crippen LogP contribution in [0.25, 0.3) is 0 Å². The predicted molar refractivity (Wildman–Crippen MR) is 132 cm³/mol. The quantitative estimate of drug-likeness (QED) is 0.602. The molecule has 3 aliphatic rings. The van der Waals surface area contributed by atoms with Crippen LogP contribution in [-0.4, -0.2) is 99.7 Å². The topological polar surface area (TPSA) is 96.5 Å². The number of para-hydroxylation sites is 1. The summed E-state index contributed by atoms with van der Waals surface area (Å²) in [4.78, 5) is 30.2. The van der Waals surface area contributed by atoms with Gasteiger partial charge in [-0.2, -0.15) is 4.31 Å². The highest BCUT2D eigenvalue weighted by atomic mass is 32.2. The molecule has 4 rings (SSSR count). The van der Waals surface area contributed by atoms with E-state index in [1.165, 1.54) is 9.87 Å². The Balaban J connectivity index is 1.41. The maximum atomic E-state index is 13.6. The smallest absolute Gasteiger partial charge is 0.253 e. The Hall–Kier alpha value is -2.17. The van der Waals surface area contributed by atoms with Gasteiger partial charge in [0.2, 0.25) is 15.9 Å². The lowest BCUT2D eigenvalue weighted by Crippen LogP contribution is -2.56. The van der Waals surface area contributed by atoms with E-state index in [1.807, 2.05) is 25.2 Å². The molecule has 9 nitrogen and oxygen atoms in total. The zero-order valence-corrected chi connectivity index (χ0v) is 21.6. The molecule has 2 saturated heterocycles. The summed E-state index contributed by atoms with van der Waals surface area (Å²) in [5.74, 6) is 0.834. The molecule has 10 heteroatoms. The molecule has 2 amide bonds. The third kappa shape index (κ3) is 5.98. The number of sulfonamides is 1. The van der Waals surface area contributed by atoms with Gasteiger partial charge in [0.05, 0.1) is 24.8 Å². The molecule has 0 N–H and O–H groups in total. The van der Waals surface area contributed by atoms with E-state index in [-0.39, 0.29) is 31.5 Å². The Morgan fingerprint density at radius 2 is 1.77 bits per heavy atom. The van der Waals surface area contributed by atoms with Crippen molar-refractivity contribution in [2.45, 2.75) is 44.6 Å². The molecule has 1 aromatic carbocycles. The molecule has 0 bridgehead atoms. The van der Waals surface area contributed by atoms with Gasteiger partial charge in [-0.25, -0.2) is 8.42 Å². The van der Waals surface area contributed by atoms with Crippen molar-refractivity contribution in [1.29, 1.82) is 0 Å². The summed E-state index contributed by atoms with van der Waals surface area (Å²) >= 11 is 0. The summed E-state index contributed by atoms with van der Waals surface area (Å²) < 4.78 is 36.8. The first-order valence-corrected chi connectivity index (χ1v) is 14.4. The number of hydrogen-bond donors (Lipinski definition) is 0. The maximum absolute atomic E-state index is 13.6. The van der Waals surface area contributed by atoms with Gasteiger partial charge in [0.1, 0.15) is 18.5 Å². The van der Waals surface area contributed by atoms with Gasteiger partial charge < -0.3 is 19.3 Å². The maximum Gasteiger partial charge on any atom is 0.253 e. The molecular weight excluding hydrogens is 470 g/mol. The van der Waals surface area contributed by atoms with Gasteiger partial charge in [-0.05, 0) is 43.7 Å². The number of fused-ring (bicyclic) bond motifs is 1. The van der Waals surface area contributed by atoms with E-state index < -0.39 is 21.5 Å². The number of ether oxygens (including phenoxy) is 2. The summed E-state index contributed by atoms with van der Waals surface area (Å²) in [6.07, 6.45) is 5.17. The van der Waals surface area contributed by atoms with Crippen molar-refractivity contribution in [3.05, 3.63) is 29.8 Å². The number of morpholine rings is 1. The van der Waals surface area contributed by atoms with Crippen LogP contribution in [0.5, 0.6) is 5.75 Å². The lowest BCUT2D eigenvalue weighted by Gasteiger charge is -2.44. The van der Waals surface area contributed by atoms with Crippen LogP contribution >= 0.6 is 0 Å². The van der Waals surface area contributed by atoms with Crippen molar-refractivity contribution in [3.63, 3.8) is 0 Å². The van der Waals surface area contributed by atoms with Crippen LogP contribution < -0.4 is 4.74 Å². The number of carbonyl (C=O) groups is 2. The van der Waals surface area contributed by atoms with Crippen molar-refractivity contribution >= 4 is 21.8 Å². The molecule has 2 fully saturated rings. The van der Waals surface area contributed by atoms with Gasteiger partial charge in [0.15, 0.2) is 0 Å². The van der Waals surface area contributed by atoms with Crippen LogP contribution in [0.1, 0.15) is 37.7 Å². The molecule has 0 aliphatic carbocycles. The lowest BCUT2D eigenvalue weighted by atomic mass is 9.73. The summed E-state index contributed by atoms with van der Waals surface area (Å²) in [5.41, 5.74) is 0.711. The fraction of sp³-hybridized carbons (Fsp3) is 0.680. The molecule has 1 spiro atoms. The molecule has 1 atom stereocenters. The van der Waals surface area contributed by atoms with Crippen LogP contribution in [0.15, 0.2) is 24.3 Å². The fourth-order valence-electron chi connectivity index (χ4n) is 5.43. The molecule has 3 aliphatic heterocycles. The molecule has 1 aromatic rings. The Morgan fingerprint density at radius 1 is 1.03 bits per heavy atom. The number of rotatable bonds is 2. The van der Waals surface area contributed by atoms with Gasteiger partial charge in [0.25, 0.3) is 5.91 Å². The Labute approximate surface area is 208 Å². The van der Waals surface area contributed by atoms with Crippen molar-refractivity contribution in [2.24, 2.45) is 5.41 Å². The lowest BCUT2D eigenvalue weighted by molar-refractivity contribution is -0.155. The average Bonchev–Trinajstić information content (AvgIpc) is 2.86. The second kappa shape index (κ2) is 10.8. The number of hydrogen-bond acceptors (Lipinski definition) is 6. The van der Waals surface area contributed by atoms with E-state index in [0.717, 1.165) is 37.7 Å². The average molecular weight is 508 g/mol. The molecule has 194 valence electrons. The molecule has 0 aromatic heterocycles.